The van der Waals surface area contributed by atoms with Crippen molar-refractivity contribution in [2.45, 2.75) is 6.92 Å². The van der Waals surface area contributed by atoms with Crippen LogP contribution in [-0.4, -0.2) is 41.3 Å². The number of carbonyl (C=O) groups excluding carboxylic acids is 2. The predicted molar refractivity (Wildman–Crippen MR) is 128 cm³/mol. The lowest BCUT2D eigenvalue weighted by Gasteiger charge is -2.07. The molecule has 11 heteroatoms. The highest BCUT2D eigenvalue weighted by Gasteiger charge is 2.21. The van der Waals surface area contributed by atoms with Crippen molar-refractivity contribution in [1.82, 2.24) is 40.4 Å². The lowest BCUT2D eigenvalue weighted by atomic mass is 10.1. The fourth-order valence-corrected chi connectivity index (χ4v) is 3.73. The molecule has 5 rings (SSSR count). The van der Waals surface area contributed by atoms with Gasteiger partial charge < -0.3 is 0 Å². The van der Waals surface area contributed by atoms with Crippen molar-refractivity contribution < 1.29 is 9.59 Å². The van der Waals surface area contributed by atoms with E-state index in [-0.39, 0.29) is 16.8 Å². The molecule has 3 aromatic heterocycles. The van der Waals surface area contributed by atoms with E-state index in [0.29, 0.717) is 17.2 Å². The minimum Gasteiger partial charge on any atom is -0.270 e. The Bertz CT molecular complexity index is 1560. The fourth-order valence-electron chi connectivity index (χ4n) is 3.73. The minimum absolute atomic E-state index is 0.0856. The summed E-state index contributed by atoms with van der Waals surface area (Å²) in [6, 6.07) is 20.1. The SMILES string of the molecule is Cc1cc(C(=O)NNC(=O)c2nc(-c3ccccc3)n(-c3ccccc3)n2)c2c(=O)[nH]n(C)c2n1. The van der Waals surface area contributed by atoms with Crippen molar-refractivity contribution in [1.29, 1.82) is 0 Å². The summed E-state index contributed by atoms with van der Waals surface area (Å²) in [5.74, 6) is -1.05. The molecule has 11 nitrogen and oxygen atoms in total. The van der Waals surface area contributed by atoms with Gasteiger partial charge in [-0.3, -0.25) is 35.0 Å². The first-order valence-corrected chi connectivity index (χ1v) is 10.7. The second-order valence-corrected chi connectivity index (χ2v) is 7.79. The van der Waals surface area contributed by atoms with E-state index in [4.69, 9.17) is 0 Å². The maximum Gasteiger partial charge on any atom is 0.309 e. The Hall–Kier alpha value is -5.06. The van der Waals surface area contributed by atoms with Crippen molar-refractivity contribution in [3.63, 3.8) is 0 Å². The number of nitrogens with zero attached hydrogens (tertiary/aromatic N) is 5. The molecule has 0 aliphatic carbocycles. The molecule has 174 valence electrons. The molecule has 0 unspecified atom stereocenters. The summed E-state index contributed by atoms with van der Waals surface area (Å²) < 4.78 is 3.00. The van der Waals surface area contributed by atoms with Gasteiger partial charge in [-0.2, -0.15) is 0 Å². The van der Waals surface area contributed by atoms with Crippen LogP contribution in [0.4, 0.5) is 0 Å². The van der Waals surface area contributed by atoms with Gasteiger partial charge in [0.2, 0.25) is 5.82 Å². The molecule has 35 heavy (non-hydrogen) atoms. The zero-order valence-corrected chi connectivity index (χ0v) is 18.8. The van der Waals surface area contributed by atoms with Gasteiger partial charge >= 0.3 is 5.91 Å². The first-order chi connectivity index (χ1) is 16.9. The number of hydrazine groups is 1. The van der Waals surface area contributed by atoms with E-state index >= 15 is 0 Å². The molecule has 3 N–H and O–H groups in total. The van der Waals surface area contributed by atoms with E-state index in [2.05, 4.69) is 31.0 Å². The fraction of sp³-hybridized carbons (Fsp3) is 0.0833. The van der Waals surface area contributed by atoms with E-state index in [0.717, 1.165) is 11.3 Å². The van der Waals surface area contributed by atoms with Crippen molar-refractivity contribution in [3.8, 4) is 17.1 Å². The standard InChI is InChI=1S/C24H20N8O3/c1-14-13-17(18-21(25-14)31(2)30-23(18)34)22(33)27-28-24(35)19-26-20(15-9-5-3-6-10-15)32(29-19)16-11-7-4-8-12-16/h3-13H,1-2H3,(H,27,33)(H,28,35)(H,30,34). The Morgan fingerprint density at radius 1 is 0.914 bits per heavy atom. The van der Waals surface area contributed by atoms with E-state index in [1.54, 1.807) is 18.7 Å². The molecule has 0 fully saturated rings. The quantitative estimate of drug-likeness (QED) is 0.344. The number of aromatic amines is 1. The number of fused-ring (bicyclic) bond motifs is 1. The topological polar surface area (TPSA) is 140 Å². The van der Waals surface area contributed by atoms with Crippen LogP contribution in [0, 0.1) is 6.92 Å². The third-order valence-electron chi connectivity index (χ3n) is 5.32. The van der Waals surface area contributed by atoms with Crippen LogP contribution in [0.2, 0.25) is 0 Å². The first kappa shape index (κ1) is 21.8. The number of nitrogens with one attached hydrogen (secondary N) is 3. The maximum atomic E-state index is 12.9. The average molecular weight is 468 g/mol. The summed E-state index contributed by atoms with van der Waals surface area (Å²) >= 11 is 0. The van der Waals surface area contributed by atoms with Gasteiger partial charge in [0.25, 0.3) is 11.5 Å². The highest BCUT2D eigenvalue weighted by atomic mass is 16.2. The second-order valence-electron chi connectivity index (χ2n) is 7.79. The Morgan fingerprint density at radius 2 is 1.57 bits per heavy atom. The number of benzene rings is 2. The molecule has 3 heterocycles. The van der Waals surface area contributed by atoms with Crippen molar-refractivity contribution >= 4 is 22.8 Å². The predicted octanol–water partition coefficient (Wildman–Crippen LogP) is 1.89. The largest absolute Gasteiger partial charge is 0.309 e. The molecule has 0 radical (unpaired) electrons. The summed E-state index contributed by atoms with van der Waals surface area (Å²) in [6.45, 7) is 1.71. The lowest BCUT2D eigenvalue weighted by Crippen LogP contribution is -2.42. The number of rotatable bonds is 4. The van der Waals surface area contributed by atoms with E-state index in [1.807, 2.05) is 60.7 Å². The summed E-state index contributed by atoms with van der Waals surface area (Å²) in [7, 11) is 1.62. The van der Waals surface area contributed by atoms with E-state index in [1.165, 1.54) is 10.7 Å². The molecule has 0 aliphatic rings. The Labute approximate surface area is 198 Å². The van der Waals surface area contributed by atoms with E-state index in [9.17, 15) is 14.4 Å². The molecule has 0 spiro atoms. The third-order valence-corrected chi connectivity index (χ3v) is 5.32. The van der Waals surface area contributed by atoms with Gasteiger partial charge in [-0.1, -0.05) is 48.5 Å². The smallest absolute Gasteiger partial charge is 0.270 e. The van der Waals surface area contributed by atoms with Crippen LogP contribution in [0.3, 0.4) is 0 Å². The van der Waals surface area contributed by atoms with Crippen molar-refractivity contribution in [3.05, 3.63) is 94.2 Å². The number of hydrogen-bond donors (Lipinski definition) is 3. The molecule has 5 aromatic rings. The van der Waals surface area contributed by atoms with Crippen LogP contribution in [0.25, 0.3) is 28.1 Å². The highest BCUT2D eigenvalue weighted by Crippen LogP contribution is 2.21. The Morgan fingerprint density at radius 3 is 2.29 bits per heavy atom. The van der Waals surface area contributed by atoms with Crippen LogP contribution in [0.5, 0.6) is 0 Å². The summed E-state index contributed by atoms with van der Waals surface area (Å²) in [5, 5.41) is 7.07. The van der Waals surface area contributed by atoms with Gasteiger partial charge in [-0.25, -0.2) is 14.6 Å². The van der Waals surface area contributed by atoms with Crippen LogP contribution in [-0.2, 0) is 7.05 Å². The van der Waals surface area contributed by atoms with Gasteiger partial charge in [0, 0.05) is 18.3 Å². The monoisotopic (exact) mass is 468 g/mol. The van der Waals surface area contributed by atoms with Crippen LogP contribution in [0.15, 0.2) is 71.5 Å². The van der Waals surface area contributed by atoms with Crippen LogP contribution >= 0.6 is 0 Å². The molecule has 2 aromatic carbocycles. The van der Waals surface area contributed by atoms with Crippen molar-refractivity contribution in [2.24, 2.45) is 7.05 Å². The number of para-hydroxylation sites is 1. The van der Waals surface area contributed by atoms with Crippen LogP contribution in [0.1, 0.15) is 26.7 Å². The van der Waals surface area contributed by atoms with Gasteiger partial charge in [-0.05, 0) is 25.1 Å². The number of aromatic nitrogens is 6. The molecule has 0 atom stereocenters. The number of aryl methyl sites for hydroxylation is 2. The second kappa shape index (κ2) is 8.71. The van der Waals surface area contributed by atoms with Crippen molar-refractivity contribution in [2.75, 3.05) is 0 Å². The molecular formula is C24H20N8O3. The maximum absolute atomic E-state index is 12.9. The van der Waals surface area contributed by atoms with Gasteiger partial charge in [0.1, 0.15) is 0 Å². The minimum atomic E-state index is -0.714. The number of carbonyl (C=O) groups is 2. The Kier molecular flexibility index (Phi) is 5.41. The summed E-state index contributed by atoms with van der Waals surface area (Å²) in [5.41, 5.74) is 6.67. The lowest BCUT2D eigenvalue weighted by molar-refractivity contribution is 0.0841. The van der Waals surface area contributed by atoms with Gasteiger partial charge in [-0.15, -0.1) is 5.10 Å². The molecule has 0 saturated carbocycles. The number of pyridine rings is 1. The first-order valence-electron chi connectivity index (χ1n) is 10.7. The molecule has 2 amide bonds. The zero-order valence-electron chi connectivity index (χ0n) is 18.8. The summed E-state index contributed by atoms with van der Waals surface area (Å²) in [6.07, 6.45) is 0. The summed E-state index contributed by atoms with van der Waals surface area (Å²) in [4.78, 5) is 46.7. The molecule has 0 saturated heterocycles. The molecule has 0 bridgehead atoms. The Balaban J connectivity index is 1.43. The number of amides is 2. The van der Waals surface area contributed by atoms with Gasteiger partial charge in [0.05, 0.1) is 16.6 Å². The average Bonchev–Trinajstić information content (AvgIpc) is 3.44. The van der Waals surface area contributed by atoms with E-state index < -0.39 is 17.4 Å². The molecular weight excluding hydrogens is 448 g/mol. The third kappa shape index (κ3) is 4.06. The number of H-pyrrole nitrogens is 1. The number of hydrogen-bond acceptors (Lipinski definition) is 6. The van der Waals surface area contributed by atoms with Gasteiger partial charge in [0.15, 0.2) is 11.5 Å². The highest BCUT2D eigenvalue weighted by molar-refractivity contribution is 6.06. The normalized spacial score (nSPS) is 10.9. The molecule has 0 aliphatic heterocycles. The zero-order chi connectivity index (χ0) is 24.5. The van der Waals surface area contributed by atoms with Crippen LogP contribution < -0.4 is 16.4 Å².